The van der Waals surface area contributed by atoms with E-state index in [9.17, 15) is 9.59 Å². The van der Waals surface area contributed by atoms with Gasteiger partial charge in [-0.3, -0.25) is 9.59 Å². The van der Waals surface area contributed by atoms with Crippen molar-refractivity contribution in [1.29, 1.82) is 0 Å². The van der Waals surface area contributed by atoms with Crippen molar-refractivity contribution in [2.75, 3.05) is 7.11 Å². The maximum Gasteiger partial charge on any atom is 0.316 e. The molecular weight excluding hydrogens is 268 g/mol. The maximum atomic E-state index is 12.5. The first kappa shape index (κ1) is 15.5. The number of hydrogen-bond donors (Lipinski definition) is 0. The van der Waals surface area contributed by atoms with Crippen LogP contribution >= 0.6 is 0 Å². The lowest BCUT2D eigenvalue weighted by Gasteiger charge is -2.37. The molecule has 114 valence electrons. The van der Waals surface area contributed by atoms with Crippen LogP contribution in [0.1, 0.15) is 44.6 Å². The predicted molar refractivity (Wildman–Crippen MR) is 78.7 cm³/mol. The molecule has 2 rings (SSSR count). The summed E-state index contributed by atoms with van der Waals surface area (Å²) in [7, 11) is 1.39. The van der Waals surface area contributed by atoms with Gasteiger partial charge in [-0.1, -0.05) is 37.3 Å². The number of carbonyl (C=O) groups is 2. The third-order valence-electron chi connectivity index (χ3n) is 4.58. The summed E-state index contributed by atoms with van der Waals surface area (Å²) in [6.07, 6.45) is 1.81. The average molecular weight is 290 g/mol. The van der Waals surface area contributed by atoms with Crippen molar-refractivity contribution in [3.05, 3.63) is 35.9 Å². The van der Waals surface area contributed by atoms with Crippen LogP contribution in [0, 0.1) is 5.41 Å². The highest BCUT2D eigenvalue weighted by Crippen LogP contribution is 2.51. The summed E-state index contributed by atoms with van der Waals surface area (Å²) < 4.78 is 10.5. The van der Waals surface area contributed by atoms with E-state index in [1.54, 1.807) is 0 Å². The molecule has 1 fully saturated rings. The zero-order valence-electron chi connectivity index (χ0n) is 12.8. The SMILES string of the molecule is COC(=O)C1(C(C)c2ccccc2)CCCC1OC(C)=O. The monoisotopic (exact) mass is 290 g/mol. The Bertz CT molecular complexity index is 511. The Morgan fingerprint density at radius 2 is 1.95 bits per heavy atom. The van der Waals surface area contributed by atoms with Gasteiger partial charge in [-0.15, -0.1) is 0 Å². The number of hydrogen-bond acceptors (Lipinski definition) is 4. The summed E-state index contributed by atoms with van der Waals surface area (Å²) >= 11 is 0. The fraction of sp³-hybridized carbons (Fsp3) is 0.529. The minimum Gasteiger partial charge on any atom is -0.468 e. The van der Waals surface area contributed by atoms with Crippen molar-refractivity contribution >= 4 is 11.9 Å². The van der Waals surface area contributed by atoms with Gasteiger partial charge in [0.25, 0.3) is 0 Å². The first-order valence-corrected chi connectivity index (χ1v) is 7.33. The molecule has 3 atom stereocenters. The third-order valence-corrected chi connectivity index (χ3v) is 4.58. The summed E-state index contributed by atoms with van der Waals surface area (Å²) in [5, 5.41) is 0. The molecule has 0 bridgehead atoms. The zero-order chi connectivity index (χ0) is 15.5. The molecule has 1 aromatic carbocycles. The molecule has 0 aromatic heterocycles. The molecule has 1 aliphatic rings. The molecule has 1 aliphatic carbocycles. The molecule has 0 N–H and O–H groups in total. The van der Waals surface area contributed by atoms with Crippen molar-refractivity contribution in [1.82, 2.24) is 0 Å². The molecule has 0 amide bonds. The van der Waals surface area contributed by atoms with E-state index < -0.39 is 11.5 Å². The second-order valence-corrected chi connectivity index (χ2v) is 5.65. The van der Waals surface area contributed by atoms with E-state index in [0.29, 0.717) is 12.8 Å². The van der Waals surface area contributed by atoms with E-state index in [1.807, 2.05) is 37.3 Å². The summed E-state index contributed by atoms with van der Waals surface area (Å²) in [5.41, 5.74) is 0.267. The number of benzene rings is 1. The lowest BCUT2D eigenvalue weighted by Crippen LogP contribution is -2.45. The van der Waals surface area contributed by atoms with Gasteiger partial charge in [0.15, 0.2) is 0 Å². The minimum absolute atomic E-state index is 0.0713. The van der Waals surface area contributed by atoms with Crippen LogP contribution in [-0.2, 0) is 19.1 Å². The molecule has 4 nitrogen and oxygen atoms in total. The van der Waals surface area contributed by atoms with Crippen LogP contribution in [-0.4, -0.2) is 25.2 Å². The number of esters is 2. The largest absolute Gasteiger partial charge is 0.468 e. The van der Waals surface area contributed by atoms with Crippen molar-refractivity contribution in [3.63, 3.8) is 0 Å². The van der Waals surface area contributed by atoms with Gasteiger partial charge in [-0.25, -0.2) is 0 Å². The normalized spacial score (nSPS) is 26.1. The van der Waals surface area contributed by atoms with Crippen LogP contribution in [0.25, 0.3) is 0 Å². The average Bonchev–Trinajstić information content (AvgIpc) is 2.90. The summed E-state index contributed by atoms with van der Waals surface area (Å²) in [6.45, 7) is 3.39. The highest BCUT2D eigenvalue weighted by atomic mass is 16.6. The van der Waals surface area contributed by atoms with Crippen molar-refractivity contribution in [2.24, 2.45) is 5.41 Å². The molecule has 0 radical (unpaired) electrons. The van der Waals surface area contributed by atoms with Gasteiger partial charge in [0.1, 0.15) is 11.5 Å². The van der Waals surface area contributed by atoms with E-state index in [0.717, 1.165) is 12.0 Å². The Morgan fingerprint density at radius 3 is 2.52 bits per heavy atom. The van der Waals surface area contributed by atoms with E-state index in [1.165, 1.54) is 14.0 Å². The Balaban J connectivity index is 2.42. The molecule has 0 spiro atoms. The second-order valence-electron chi connectivity index (χ2n) is 5.65. The molecule has 4 heteroatoms. The quantitative estimate of drug-likeness (QED) is 0.800. The molecule has 1 aromatic rings. The van der Waals surface area contributed by atoms with Crippen molar-refractivity contribution in [3.8, 4) is 0 Å². The molecule has 1 saturated carbocycles. The molecule has 21 heavy (non-hydrogen) atoms. The van der Waals surface area contributed by atoms with Gasteiger partial charge in [-0.2, -0.15) is 0 Å². The lowest BCUT2D eigenvalue weighted by molar-refractivity contribution is -0.169. The van der Waals surface area contributed by atoms with Gasteiger partial charge >= 0.3 is 11.9 Å². The molecule has 0 saturated heterocycles. The molecule has 0 heterocycles. The van der Waals surface area contributed by atoms with Crippen molar-refractivity contribution in [2.45, 2.75) is 45.1 Å². The van der Waals surface area contributed by atoms with Gasteiger partial charge in [0.05, 0.1) is 7.11 Å². The zero-order valence-corrected chi connectivity index (χ0v) is 12.8. The van der Waals surface area contributed by atoms with Gasteiger partial charge < -0.3 is 9.47 Å². The van der Waals surface area contributed by atoms with Gasteiger partial charge in [0, 0.05) is 12.8 Å². The first-order valence-electron chi connectivity index (χ1n) is 7.33. The van der Waals surface area contributed by atoms with Gasteiger partial charge in [0.2, 0.25) is 0 Å². The fourth-order valence-electron chi connectivity index (χ4n) is 3.50. The van der Waals surface area contributed by atoms with E-state index in [2.05, 4.69) is 0 Å². The van der Waals surface area contributed by atoms with Crippen LogP contribution in [0.15, 0.2) is 30.3 Å². The highest BCUT2D eigenvalue weighted by molar-refractivity contribution is 5.80. The highest BCUT2D eigenvalue weighted by Gasteiger charge is 2.55. The fourth-order valence-corrected chi connectivity index (χ4v) is 3.50. The number of methoxy groups -OCH3 is 1. The molecule has 0 aliphatic heterocycles. The Kier molecular flexibility index (Phi) is 4.66. The minimum atomic E-state index is -0.790. The smallest absolute Gasteiger partial charge is 0.316 e. The molecular formula is C17H22O4. The lowest BCUT2D eigenvalue weighted by atomic mass is 9.70. The standard InChI is InChI=1S/C17H22O4/c1-12(14-8-5-4-6-9-14)17(16(19)20-3)11-7-10-15(17)21-13(2)18/h4-6,8-9,12,15H,7,10-11H2,1-3H3. The van der Waals surface area contributed by atoms with Crippen LogP contribution in [0.3, 0.4) is 0 Å². The Labute approximate surface area is 125 Å². The first-order chi connectivity index (χ1) is 10.0. The predicted octanol–water partition coefficient (Wildman–Crippen LogP) is 3.07. The second kappa shape index (κ2) is 6.29. The summed E-state index contributed by atoms with van der Waals surface area (Å²) in [5.74, 6) is -0.712. The Hall–Kier alpha value is -1.84. The Morgan fingerprint density at radius 1 is 1.29 bits per heavy atom. The van der Waals surface area contributed by atoms with Crippen LogP contribution in [0.5, 0.6) is 0 Å². The van der Waals surface area contributed by atoms with Crippen LogP contribution in [0.2, 0.25) is 0 Å². The van der Waals surface area contributed by atoms with Crippen molar-refractivity contribution < 1.29 is 19.1 Å². The van der Waals surface area contributed by atoms with E-state index >= 15 is 0 Å². The van der Waals surface area contributed by atoms with Gasteiger partial charge in [-0.05, 0) is 24.8 Å². The maximum absolute atomic E-state index is 12.5. The number of ether oxygens (including phenoxy) is 2. The van der Waals surface area contributed by atoms with Crippen LogP contribution < -0.4 is 0 Å². The third kappa shape index (κ3) is 2.80. The summed E-state index contributed by atoms with van der Waals surface area (Å²) in [4.78, 5) is 23.9. The summed E-state index contributed by atoms with van der Waals surface area (Å²) in [6, 6.07) is 9.84. The number of rotatable bonds is 4. The molecule has 3 unspecified atom stereocenters. The van der Waals surface area contributed by atoms with Crippen LogP contribution in [0.4, 0.5) is 0 Å². The van der Waals surface area contributed by atoms with E-state index in [4.69, 9.17) is 9.47 Å². The number of carbonyl (C=O) groups excluding carboxylic acids is 2. The van der Waals surface area contributed by atoms with E-state index in [-0.39, 0.29) is 17.9 Å². The topological polar surface area (TPSA) is 52.6 Å².